The van der Waals surface area contributed by atoms with Crippen LogP contribution in [-0.2, 0) is 57.5 Å². The van der Waals surface area contributed by atoms with Crippen LogP contribution in [0.15, 0.2) is 78.9 Å². The third-order valence-electron chi connectivity index (χ3n) is 7.87. The van der Waals surface area contributed by atoms with E-state index in [1.165, 1.54) is 21.1 Å². The van der Waals surface area contributed by atoms with Crippen LogP contribution in [0.2, 0.25) is 0 Å². The molecule has 1 aromatic heterocycles. The lowest BCUT2D eigenvalue weighted by atomic mass is 9.89. The highest BCUT2D eigenvalue weighted by Gasteiger charge is 2.21. The number of hydrazine groups is 1. The maximum atomic E-state index is 11.5. The molecule has 0 saturated carbocycles. The molecule has 0 aliphatic carbocycles. The average molecular weight is 863 g/mol. The molecule has 0 aliphatic heterocycles. The second-order valence-electron chi connectivity index (χ2n) is 14.8. The van der Waals surface area contributed by atoms with Crippen molar-refractivity contribution in [1.29, 1.82) is 5.26 Å². The summed E-state index contributed by atoms with van der Waals surface area (Å²) in [6, 6.07) is 24.5. The van der Waals surface area contributed by atoms with E-state index in [9.17, 15) is 30.0 Å². The van der Waals surface area contributed by atoms with E-state index >= 15 is 0 Å². The molecule has 4 aromatic rings. The van der Waals surface area contributed by atoms with Gasteiger partial charge in [0.05, 0.1) is 41.1 Å². The van der Waals surface area contributed by atoms with Crippen molar-refractivity contribution >= 4 is 53.0 Å². The zero-order valence-electron chi connectivity index (χ0n) is 34.5. The van der Waals surface area contributed by atoms with Crippen molar-refractivity contribution in [1.82, 2.24) is 23.9 Å². The summed E-state index contributed by atoms with van der Waals surface area (Å²) >= 11 is 0. The molecule has 0 radical (unpaired) electrons. The largest absolute Gasteiger partial charge is 0.399 e. The molecule has 58 heavy (non-hydrogen) atoms. The summed E-state index contributed by atoms with van der Waals surface area (Å²) in [5.41, 5.74) is 18.8. The van der Waals surface area contributed by atoms with Gasteiger partial charge < -0.3 is 16.9 Å². The Bertz CT molecular complexity index is 2280. The SMILES string of the molecule is CC(C)(C)C(=O)CC#N.CNS(=O)(=O)Cc1ccc(-n2nc(C(C)(C)C)cc2N)cc1.CNS(=O)(=O)Cc1ccc(N)cc1.CNS(=O)(=O)Cc1ccc(NN)cc1. The Kier molecular flexibility index (Phi) is 19.7. The van der Waals surface area contributed by atoms with Crippen LogP contribution >= 0.6 is 0 Å². The van der Waals surface area contributed by atoms with Crippen molar-refractivity contribution in [2.24, 2.45) is 11.3 Å². The van der Waals surface area contributed by atoms with Crippen LogP contribution in [0.25, 0.3) is 5.69 Å². The first-order valence-electron chi connectivity index (χ1n) is 17.7. The standard InChI is InChI=1S/C15H22N4O2S.C8H13N3O2S.C8H12N2O2S.C7H11NO/c1-15(2,3)13-9-14(16)19(18-13)12-7-5-11(6-8-12)10-22(20,21)17-4;1-10-14(12,13)6-7-2-4-8(11-9)5-3-7;1-10-13(11,12)6-7-2-4-8(9)5-3-7;1-7(2,3)6(9)4-5-8/h5-9,17H,10,16H2,1-4H3;2-5,10-11H,6,9H2,1H3;2-5,10H,6,9H2,1H3;4H2,1-3H3. The normalized spacial score (nSPS) is 11.7. The van der Waals surface area contributed by atoms with E-state index in [2.05, 4.69) is 45.5 Å². The Hall–Kier alpha value is -4.88. The second-order valence-corrected chi connectivity index (χ2v) is 20.5. The van der Waals surface area contributed by atoms with Crippen LogP contribution in [0.3, 0.4) is 0 Å². The molecule has 3 aromatic carbocycles. The molecule has 1 heterocycles. The number of nitrogens with one attached hydrogen (secondary N) is 4. The minimum absolute atomic E-state index is 0.00463. The number of aromatic nitrogens is 2. The monoisotopic (exact) mass is 862 g/mol. The van der Waals surface area contributed by atoms with Gasteiger partial charge in [0.25, 0.3) is 0 Å². The summed E-state index contributed by atoms with van der Waals surface area (Å²) < 4.78 is 76.1. The van der Waals surface area contributed by atoms with Gasteiger partial charge in [-0.25, -0.2) is 44.1 Å². The van der Waals surface area contributed by atoms with Crippen LogP contribution in [-0.4, -0.2) is 62.0 Å². The number of anilines is 3. The van der Waals surface area contributed by atoms with Gasteiger partial charge in [-0.05, 0) is 74.2 Å². The maximum Gasteiger partial charge on any atom is 0.215 e. The molecule has 17 nitrogen and oxygen atoms in total. The first-order valence-corrected chi connectivity index (χ1v) is 22.7. The van der Waals surface area contributed by atoms with E-state index in [1.54, 1.807) is 65.3 Å². The van der Waals surface area contributed by atoms with Gasteiger partial charge in [0.15, 0.2) is 5.78 Å². The Morgan fingerprint density at radius 3 is 1.36 bits per heavy atom. The van der Waals surface area contributed by atoms with Crippen molar-refractivity contribution < 1.29 is 30.0 Å². The first kappa shape index (κ1) is 51.1. The molecule has 0 bridgehead atoms. The summed E-state index contributed by atoms with van der Waals surface area (Å²) in [6.45, 7) is 11.7. The Balaban J connectivity index is 0.000000409. The third kappa shape index (κ3) is 19.0. The van der Waals surface area contributed by atoms with Gasteiger partial charge in [0.1, 0.15) is 5.82 Å². The van der Waals surface area contributed by atoms with Crippen molar-refractivity contribution in [3.05, 3.63) is 101 Å². The molecule has 0 atom stereocenters. The molecule has 0 amide bonds. The number of nitrogens with two attached hydrogens (primary N) is 3. The van der Waals surface area contributed by atoms with Crippen LogP contribution in [0.5, 0.6) is 0 Å². The highest BCUT2D eigenvalue weighted by molar-refractivity contribution is 7.89. The zero-order chi connectivity index (χ0) is 44.5. The third-order valence-corrected chi connectivity index (χ3v) is 11.9. The number of carbonyl (C=O) groups excluding carboxylic acids is 1. The number of sulfonamides is 3. The molecule has 0 spiro atoms. The topological polar surface area (TPSA) is 287 Å². The van der Waals surface area contributed by atoms with Gasteiger partial charge in [-0.3, -0.25) is 10.6 Å². The molecule has 0 saturated heterocycles. The van der Waals surface area contributed by atoms with Crippen molar-refractivity contribution in [2.75, 3.05) is 38.0 Å². The highest BCUT2D eigenvalue weighted by Crippen LogP contribution is 2.25. The fourth-order valence-electron chi connectivity index (χ4n) is 4.23. The minimum Gasteiger partial charge on any atom is -0.399 e. The van der Waals surface area contributed by atoms with Crippen LogP contribution in [0.4, 0.5) is 17.2 Å². The number of ketones is 1. The van der Waals surface area contributed by atoms with Gasteiger partial charge in [-0.15, -0.1) is 0 Å². The summed E-state index contributed by atoms with van der Waals surface area (Å²) in [7, 11) is -5.45. The number of hydrogen-bond acceptors (Lipinski definition) is 13. The number of hydrogen-bond donors (Lipinski definition) is 7. The van der Waals surface area contributed by atoms with E-state index < -0.39 is 30.1 Å². The minimum atomic E-state index is -3.27. The number of nitrogen functional groups attached to an aromatic ring is 3. The van der Waals surface area contributed by atoms with E-state index in [0.717, 1.165) is 28.2 Å². The van der Waals surface area contributed by atoms with Crippen molar-refractivity contribution in [3.8, 4) is 11.8 Å². The molecule has 0 fully saturated rings. The van der Waals surface area contributed by atoms with Gasteiger partial charge in [-0.2, -0.15) is 10.4 Å². The summed E-state index contributed by atoms with van der Waals surface area (Å²) in [5, 5.41) is 12.7. The maximum absolute atomic E-state index is 11.5. The molecule has 0 unspecified atom stereocenters. The zero-order valence-corrected chi connectivity index (χ0v) is 36.9. The fraction of sp³-hybridized carbons (Fsp3) is 0.395. The highest BCUT2D eigenvalue weighted by atomic mass is 32.2. The van der Waals surface area contributed by atoms with Gasteiger partial charge in [0, 0.05) is 28.3 Å². The van der Waals surface area contributed by atoms with Gasteiger partial charge in [-0.1, -0.05) is 77.9 Å². The Morgan fingerprint density at radius 1 is 0.690 bits per heavy atom. The van der Waals surface area contributed by atoms with Crippen LogP contribution in [0.1, 0.15) is 70.3 Å². The van der Waals surface area contributed by atoms with Gasteiger partial charge >= 0.3 is 0 Å². The predicted molar refractivity (Wildman–Crippen MR) is 232 cm³/mol. The number of carbonyl (C=O) groups is 1. The lowest BCUT2D eigenvalue weighted by Crippen LogP contribution is -2.20. The number of rotatable bonds is 12. The van der Waals surface area contributed by atoms with Crippen molar-refractivity contribution in [2.45, 2.75) is 70.6 Å². The van der Waals surface area contributed by atoms with E-state index in [0.29, 0.717) is 17.1 Å². The van der Waals surface area contributed by atoms with Crippen molar-refractivity contribution in [3.63, 3.8) is 0 Å². The molecular formula is C38H58N10O7S3. The summed E-state index contributed by atoms with van der Waals surface area (Å²) in [6.07, 6.45) is 0.0312. The van der Waals surface area contributed by atoms with E-state index in [-0.39, 0.29) is 40.3 Å². The molecule has 4 rings (SSSR count). The summed E-state index contributed by atoms with van der Waals surface area (Å²) in [5.74, 6) is 5.65. The summed E-state index contributed by atoms with van der Waals surface area (Å²) in [4.78, 5) is 10.8. The van der Waals surface area contributed by atoms with E-state index in [1.807, 2.05) is 45.0 Å². The van der Waals surface area contributed by atoms with E-state index in [4.69, 9.17) is 22.6 Å². The Labute approximate surface area is 343 Å². The van der Waals surface area contributed by atoms with Crippen LogP contribution < -0.4 is 36.9 Å². The van der Waals surface area contributed by atoms with Gasteiger partial charge in [0.2, 0.25) is 30.1 Å². The molecule has 0 aliphatic rings. The smallest absolute Gasteiger partial charge is 0.215 e. The lowest BCUT2D eigenvalue weighted by Gasteiger charge is -2.14. The number of benzene rings is 3. The lowest BCUT2D eigenvalue weighted by molar-refractivity contribution is -0.125. The number of nitrogens with zero attached hydrogens (tertiary/aromatic N) is 3. The average Bonchev–Trinajstić information content (AvgIpc) is 3.55. The predicted octanol–water partition coefficient (Wildman–Crippen LogP) is 3.66. The second kappa shape index (κ2) is 22.3. The molecular weight excluding hydrogens is 805 g/mol. The fourth-order valence-corrected chi connectivity index (χ4v) is 6.55. The quantitative estimate of drug-likeness (QED) is 0.0609. The number of nitriles is 1. The molecule has 10 N–H and O–H groups in total. The first-order chi connectivity index (χ1) is 26.7. The molecule has 20 heteroatoms. The van der Waals surface area contributed by atoms with Crippen LogP contribution in [0, 0.1) is 16.7 Å². The Morgan fingerprint density at radius 2 is 1.07 bits per heavy atom. The molecule has 320 valence electrons. The number of Topliss-reactive ketones (excluding diaryl/α,β-unsaturated/α-hetero) is 1.